The normalized spacial score (nSPS) is 16.7. The molecule has 0 radical (unpaired) electrons. The fraction of sp³-hybridized carbons (Fsp3) is 0.500. The molecule has 0 bridgehead atoms. The maximum absolute atomic E-state index is 5.77. The van der Waals surface area contributed by atoms with Gasteiger partial charge in [0.05, 0.1) is 0 Å². The lowest BCUT2D eigenvalue weighted by Crippen LogP contribution is -2.20. The van der Waals surface area contributed by atoms with E-state index in [1.807, 2.05) is 17.4 Å². The Kier molecular flexibility index (Phi) is 4.64. The van der Waals surface area contributed by atoms with Crippen molar-refractivity contribution in [2.75, 3.05) is 6.54 Å². The Morgan fingerprint density at radius 1 is 1.30 bits per heavy atom. The van der Waals surface area contributed by atoms with E-state index in [2.05, 4.69) is 40.3 Å². The van der Waals surface area contributed by atoms with Gasteiger partial charge in [-0.25, -0.2) is 0 Å². The average molecular weight is 354 g/mol. The molecule has 4 heteroatoms. The van der Waals surface area contributed by atoms with E-state index in [0.29, 0.717) is 0 Å². The summed E-state index contributed by atoms with van der Waals surface area (Å²) in [4.78, 5) is 2.98. The molecule has 108 valence electrons. The third-order valence-electron chi connectivity index (χ3n) is 3.84. The first kappa shape index (κ1) is 14.4. The molecular weight excluding hydrogens is 334 g/mol. The number of hydrogen-bond donors (Lipinski definition) is 1. The summed E-state index contributed by atoms with van der Waals surface area (Å²) < 4.78 is 6.57. The van der Waals surface area contributed by atoms with Gasteiger partial charge in [0.15, 0.2) is 4.67 Å². The van der Waals surface area contributed by atoms with Crippen molar-refractivity contribution in [3.8, 4) is 0 Å². The zero-order valence-corrected chi connectivity index (χ0v) is 14.1. The molecule has 2 nitrogen and oxygen atoms in total. The number of thiophene rings is 1. The molecule has 0 spiro atoms. The Hall–Kier alpha value is -0.580. The highest BCUT2D eigenvalue weighted by Crippen LogP contribution is 2.35. The Morgan fingerprint density at radius 2 is 2.15 bits per heavy atom. The maximum Gasteiger partial charge on any atom is 0.169 e. The number of furan rings is 1. The minimum Gasteiger partial charge on any atom is -0.452 e. The van der Waals surface area contributed by atoms with Gasteiger partial charge in [0, 0.05) is 9.75 Å². The summed E-state index contributed by atoms with van der Waals surface area (Å²) in [5.74, 6) is 0.995. The van der Waals surface area contributed by atoms with Crippen LogP contribution in [0, 0.1) is 0 Å². The molecule has 0 aromatic carbocycles. The Balaban J connectivity index is 1.91. The van der Waals surface area contributed by atoms with E-state index in [1.165, 1.54) is 37.0 Å². The zero-order valence-electron chi connectivity index (χ0n) is 11.7. The Bertz CT molecular complexity index is 551. The summed E-state index contributed by atoms with van der Waals surface area (Å²) in [6, 6.07) is 6.61. The zero-order chi connectivity index (χ0) is 13.9. The Morgan fingerprint density at radius 3 is 2.90 bits per heavy atom. The van der Waals surface area contributed by atoms with Crippen LogP contribution in [0.15, 0.2) is 27.3 Å². The molecule has 2 aromatic rings. The Labute approximate surface area is 132 Å². The second-order valence-corrected chi connectivity index (χ2v) is 7.24. The van der Waals surface area contributed by atoms with Crippen molar-refractivity contribution in [1.29, 1.82) is 0 Å². The van der Waals surface area contributed by atoms with Gasteiger partial charge < -0.3 is 9.73 Å². The first-order valence-corrected chi connectivity index (χ1v) is 8.99. The number of halogens is 1. The van der Waals surface area contributed by atoms with Gasteiger partial charge in [-0.2, -0.15) is 0 Å². The standard InChI is InChI=1S/C16H20BrNOS/c1-2-18-16(12-8-9-15(17)19-12)14-10-11-6-4-3-5-7-13(11)20-14/h8-10,16,18H,2-7H2,1H3. The number of aryl methyl sites for hydroxylation is 2. The first-order valence-electron chi connectivity index (χ1n) is 7.38. The van der Waals surface area contributed by atoms with E-state index in [4.69, 9.17) is 4.42 Å². The fourth-order valence-corrected chi connectivity index (χ4v) is 4.52. The molecule has 0 amide bonds. The molecule has 1 atom stereocenters. The topological polar surface area (TPSA) is 25.2 Å². The van der Waals surface area contributed by atoms with Crippen molar-refractivity contribution in [3.05, 3.63) is 43.9 Å². The number of nitrogens with one attached hydrogen (secondary N) is 1. The van der Waals surface area contributed by atoms with Crippen LogP contribution in [0.25, 0.3) is 0 Å². The van der Waals surface area contributed by atoms with E-state index in [1.54, 1.807) is 10.4 Å². The predicted molar refractivity (Wildman–Crippen MR) is 87.5 cm³/mol. The molecule has 1 aliphatic rings. The summed E-state index contributed by atoms with van der Waals surface area (Å²) in [6.07, 6.45) is 6.54. The van der Waals surface area contributed by atoms with Crippen LogP contribution in [0.1, 0.15) is 53.3 Å². The molecule has 3 rings (SSSR count). The lowest BCUT2D eigenvalue weighted by Gasteiger charge is -2.13. The van der Waals surface area contributed by atoms with Crippen LogP contribution in [-0.2, 0) is 12.8 Å². The molecule has 20 heavy (non-hydrogen) atoms. The van der Waals surface area contributed by atoms with E-state index >= 15 is 0 Å². The molecule has 2 heterocycles. The van der Waals surface area contributed by atoms with Gasteiger partial charge in [0.2, 0.25) is 0 Å². The number of hydrogen-bond acceptors (Lipinski definition) is 3. The van der Waals surface area contributed by atoms with Crippen molar-refractivity contribution in [1.82, 2.24) is 5.32 Å². The van der Waals surface area contributed by atoms with E-state index in [9.17, 15) is 0 Å². The second kappa shape index (κ2) is 6.46. The molecule has 1 N–H and O–H groups in total. The van der Waals surface area contributed by atoms with Crippen LogP contribution < -0.4 is 5.32 Å². The van der Waals surface area contributed by atoms with Crippen molar-refractivity contribution < 1.29 is 4.42 Å². The fourth-order valence-electron chi connectivity index (χ4n) is 2.86. The smallest absolute Gasteiger partial charge is 0.169 e. The van der Waals surface area contributed by atoms with Crippen LogP contribution in [-0.4, -0.2) is 6.54 Å². The second-order valence-electron chi connectivity index (χ2n) is 5.29. The quantitative estimate of drug-likeness (QED) is 0.776. The van der Waals surface area contributed by atoms with E-state index in [-0.39, 0.29) is 6.04 Å². The van der Waals surface area contributed by atoms with Crippen LogP contribution in [0.5, 0.6) is 0 Å². The average Bonchev–Trinajstić information content (AvgIpc) is 2.97. The summed E-state index contributed by atoms with van der Waals surface area (Å²) in [6.45, 7) is 3.08. The molecule has 1 aliphatic carbocycles. The summed E-state index contributed by atoms with van der Waals surface area (Å²) in [5, 5.41) is 3.55. The summed E-state index contributed by atoms with van der Waals surface area (Å²) in [5.41, 5.74) is 1.57. The van der Waals surface area contributed by atoms with E-state index < -0.39 is 0 Å². The van der Waals surface area contributed by atoms with Crippen LogP contribution >= 0.6 is 27.3 Å². The van der Waals surface area contributed by atoms with Crippen molar-refractivity contribution >= 4 is 27.3 Å². The molecule has 0 fully saturated rings. The molecular formula is C16H20BrNOS. The summed E-state index contributed by atoms with van der Waals surface area (Å²) in [7, 11) is 0. The summed E-state index contributed by atoms with van der Waals surface area (Å²) >= 11 is 5.36. The van der Waals surface area contributed by atoms with Gasteiger partial charge in [-0.15, -0.1) is 11.3 Å². The molecule has 0 aliphatic heterocycles. The lowest BCUT2D eigenvalue weighted by molar-refractivity contribution is 0.440. The SMILES string of the molecule is CCNC(c1ccc(Br)o1)c1cc2c(s1)CCCCC2. The third kappa shape index (κ3) is 3.02. The van der Waals surface area contributed by atoms with Crippen LogP contribution in [0.3, 0.4) is 0 Å². The van der Waals surface area contributed by atoms with Gasteiger partial charge in [-0.1, -0.05) is 13.3 Å². The van der Waals surface area contributed by atoms with Gasteiger partial charge in [0.1, 0.15) is 11.8 Å². The molecule has 2 aromatic heterocycles. The van der Waals surface area contributed by atoms with Gasteiger partial charge in [0.25, 0.3) is 0 Å². The predicted octanol–water partition coefficient (Wildman–Crippen LogP) is 5.07. The van der Waals surface area contributed by atoms with Crippen LogP contribution in [0.2, 0.25) is 0 Å². The maximum atomic E-state index is 5.77. The minimum absolute atomic E-state index is 0.184. The van der Waals surface area contributed by atoms with Crippen molar-refractivity contribution in [3.63, 3.8) is 0 Å². The first-order chi connectivity index (χ1) is 9.78. The third-order valence-corrected chi connectivity index (χ3v) is 5.57. The number of rotatable bonds is 4. The van der Waals surface area contributed by atoms with Crippen LogP contribution in [0.4, 0.5) is 0 Å². The largest absolute Gasteiger partial charge is 0.452 e. The number of fused-ring (bicyclic) bond motifs is 1. The van der Waals surface area contributed by atoms with Gasteiger partial charge in [-0.05, 0) is 71.9 Å². The lowest BCUT2D eigenvalue weighted by atomic mass is 10.1. The van der Waals surface area contributed by atoms with E-state index in [0.717, 1.165) is 17.0 Å². The molecule has 0 saturated carbocycles. The highest BCUT2D eigenvalue weighted by molar-refractivity contribution is 9.10. The highest BCUT2D eigenvalue weighted by Gasteiger charge is 2.21. The molecule has 0 saturated heterocycles. The highest BCUT2D eigenvalue weighted by atomic mass is 79.9. The minimum atomic E-state index is 0.184. The van der Waals surface area contributed by atoms with Gasteiger partial charge >= 0.3 is 0 Å². The molecule has 1 unspecified atom stereocenters. The van der Waals surface area contributed by atoms with Crippen molar-refractivity contribution in [2.24, 2.45) is 0 Å². The monoisotopic (exact) mass is 353 g/mol. The van der Waals surface area contributed by atoms with Gasteiger partial charge in [-0.3, -0.25) is 0 Å². The van der Waals surface area contributed by atoms with Crippen molar-refractivity contribution in [2.45, 2.75) is 45.1 Å².